The molecule has 0 aliphatic rings. The maximum Gasteiger partial charge on any atom is 0.243 e. The summed E-state index contributed by atoms with van der Waals surface area (Å²) in [6, 6.07) is 7.11. The second-order valence-corrected chi connectivity index (χ2v) is 6.57. The van der Waals surface area contributed by atoms with Gasteiger partial charge in [-0.25, -0.2) is 8.42 Å². The van der Waals surface area contributed by atoms with E-state index >= 15 is 0 Å². The minimum Gasteiger partial charge on any atom is -0.361 e. The number of sulfonamides is 1. The molecule has 0 atom stereocenters. The van der Waals surface area contributed by atoms with Gasteiger partial charge in [0.05, 0.1) is 4.90 Å². The predicted molar refractivity (Wildman–Crippen MR) is 77.6 cm³/mol. The molecule has 0 amide bonds. The minimum absolute atomic E-state index is 0.376. The molecule has 2 rings (SSSR count). The van der Waals surface area contributed by atoms with Crippen molar-refractivity contribution in [3.8, 4) is 0 Å². The highest BCUT2D eigenvalue weighted by Gasteiger charge is 2.23. The van der Waals surface area contributed by atoms with E-state index < -0.39 is 10.0 Å². The van der Waals surface area contributed by atoms with Crippen molar-refractivity contribution in [2.24, 2.45) is 0 Å². The molecule has 4 nitrogen and oxygen atoms in total. The molecule has 1 N–H and O–H groups in total. The Morgan fingerprint density at radius 3 is 2.42 bits per heavy atom. The Bertz CT molecular complexity index is 640. The smallest absolute Gasteiger partial charge is 0.243 e. The number of aromatic amines is 1. The number of benzene rings is 1. The zero-order chi connectivity index (χ0) is 13.9. The van der Waals surface area contributed by atoms with Gasteiger partial charge in [-0.15, -0.1) is 0 Å². The third-order valence-electron chi connectivity index (χ3n) is 3.11. The summed E-state index contributed by atoms with van der Waals surface area (Å²) in [5, 5.41) is 0.925. The first-order valence-electron chi connectivity index (χ1n) is 6.67. The highest BCUT2D eigenvalue weighted by molar-refractivity contribution is 7.89. The number of nitrogens with one attached hydrogen (secondary N) is 1. The van der Waals surface area contributed by atoms with Crippen LogP contribution in [0.15, 0.2) is 35.4 Å². The molecule has 0 aliphatic carbocycles. The van der Waals surface area contributed by atoms with E-state index in [9.17, 15) is 8.42 Å². The molecule has 0 aliphatic heterocycles. The first-order valence-corrected chi connectivity index (χ1v) is 8.11. The normalized spacial score (nSPS) is 12.4. The number of fused-ring (bicyclic) bond motifs is 1. The van der Waals surface area contributed by atoms with Crippen molar-refractivity contribution in [3.63, 3.8) is 0 Å². The Labute approximate surface area is 114 Å². The quantitative estimate of drug-likeness (QED) is 0.884. The third-order valence-corrected chi connectivity index (χ3v) is 5.00. The highest BCUT2D eigenvalue weighted by Crippen LogP contribution is 2.21. The summed E-state index contributed by atoms with van der Waals surface area (Å²) in [4.78, 5) is 3.45. The van der Waals surface area contributed by atoms with Gasteiger partial charge in [-0.1, -0.05) is 13.8 Å². The van der Waals surface area contributed by atoms with E-state index in [0.717, 1.165) is 23.7 Å². The molecule has 0 saturated heterocycles. The number of hydrogen-bond acceptors (Lipinski definition) is 2. The standard InChI is InChI=1S/C14H20N2O2S/c1-3-9-16(10-4-2)19(17,18)13-5-6-14-12(11-13)7-8-15-14/h5-8,11,15H,3-4,9-10H2,1-2H3. The maximum absolute atomic E-state index is 12.6. The van der Waals surface area contributed by atoms with Crippen molar-refractivity contribution in [1.29, 1.82) is 0 Å². The fourth-order valence-corrected chi connectivity index (χ4v) is 3.85. The minimum atomic E-state index is -3.38. The van der Waals surface area contributed by atoms with Crippen molar-refractivity contribution in [1.82, 2.24) is 9.29 Å². The maximum atomic E-state index is 12.6. The molecule has 104 valence electrons. The molecule has 0 bridgehead atoms. The lowest BCUT2D eigenvalue weighted by Gasteiger charge is -2.21. The van der Waals surface area contributed by atoms with Crippen LogP contribution in [0.5, 0.6) is 0 Å². The number of hydrogen-bond donors (Lipinski definition) is 1. The molecule has 1 heterocycles. The van der Waals surface area contributed by atoms with Crippen LogP contribution in [0.2, 0.25) is 0 Å². The summed E-state index contributed by atoms with van der Waals surface area (Å²) in [6.45, 7) is 5.13. The van der Waals surface area contributed by atoms with Crippen LogP contribution in [0.25, 0.3) is 10.9 Å². The number of nitrogens with zero attached hydrogens (tertiary/aromatic N) is 1. The van der Waals surface area contributed by atoms with E-state index in [1.54, 1.807) is 16.4 Å². The summed E-state index contributed by atoms with van der Waals surface area (Å²) in [6.07, 6.45) is 3.47. The molecule has 1 aromatic carbocycles. The largest absolute Gasteiger partial charge is 0.361 e. The second-order valence-electron chi connectivity index (χ2n) is 4.63. The molecule has 0 unspecified atom stereocenters. The zero-order valence-electron chi connectivity index (χ0n) is 11.4. The van der Waals surface area contributed by atoms with Crippen molar-refractivity contribution < 1.29 is 8.42 Å². The van der Waals surface area contributed by atoms with Gasteiger partial charge in [0, 0.05) is 30.2 Å². The van der Waals surface area contributed by atoms with Gasteiger partial charge < -0.3 is 4.98 Å². The Balaban J connectivity index is 2.40. The summed E-state index contributed by atoms with van der Waals surface area (Å²) in [5.74, 6) is 0. The van der Waals surface area contributed by atoms with Gasteiger partial charge in [0.1, 0.15) is 0 Å². The lowest BCUT2D eigenvalue weighted by molar-refractivity contribution is 0.410. The van der Waals surface area contributed by atoms with Gasteiger partial charge >= 0.3 is 0 Å². The van der Waals surface area contributed by atoms with Crippen LogP contribution in [0.1, 0.15) is 26.7 Å². The topological polar surface area (TPSA) is 53.2 Å². The van der Waals surface area contributed by atoms with E-state index in [1.807, 2.05) is 32.2 Å². The van der Waals surface area contributed by atoms with Crippen LogP contribution in [0, 0.1) is 0 Å². The molecular formula is C14H20N2O2S. The number of rotatable bonds is 6. The number of aromatic nitrogens is 1. The van der Waals surface area contributed by atoms with Crippen LogP contribution >= 0.6 is 0 Å². The summed E-state index contributed by atoms with van der Waals surface area (Å²) < 4.78 is 26.8. The van der Waals surface area contributed by atoms with Crippen molar-refractivity contribution in [2.75, 3.05) is 13.1 Å². The summed E-state index contributed by atoms with van der Waals surface area (Å²) in [7, 11) is -3.38. The monoisotopic (exact) mass is 280 g/mol. The van der Waals surface area contributed by atoms with Gasteiger partial charge in [-0.3, -0.25) is 0 Å². The predicted octanol–water partition coefficient (Wildman–Crippen LogP) is 2.98. The summed E-state index contributed by atoms with van der Waals surface area (Å²) >= 11 is 0. The Kier molecular flexibility index (Phi) is 4.27. The summed E-state index contributed by atoms with van der Waals surface area (Å²) in [5.41, 5.74) is 0.955. The van der Waals surface area contributed by atoms with Crippen LogP contribution in [-0.2, 0) is 10.0 Å². The molecule has 19 heavy (non-hydrogen) atoms. The highest BCUT2D eigenvalue weighted by atomic mass is 32.2. The van der Waals surface area contributed by atoms with Gasteiger partial charge in [0.25, 0.3) is 0 Å². The van der Waals surface area contributed by atoms with Crippen molar-refractivity contribution in [2.45, 2.75) is 31.6 Å². The van der Waals surface area contributed by atoms with E-state index in [1.165, 1.54) is 0 Å². The average Bonchev–Trinajstić information content (AvgIpc) is 2.85. The van der Waals surface area contributed by atoms with Crippen LogP contribution in [0.4, 0.5) is 0 Å². The second kappa shape index (κ2) is 5.75. The van der Waals surface area contributed by atoms with Crippen molar-refractivity contribution in [3.05, 3.63) is 30.5 Å². The molecule has 2 aromatic rings. The van der Waals surface area contributed by atoms with Crippen LogP contribution < -0.4 is 0 Å². The lowest BCUT2D eigenvalue weighted by atomic mass is 10.2. The fourth-order valence-electron chi connectivity index (χ4n) is 2.19. The van der Waals surface area contributed by atoms with Crippen molar-refractivity contribution >= 4 is 20.9 Å². The third kappa shape index (κ3) is 2.82. The van der Waals surface area contributed by atoms with Gasteiger partial charge in [-0.05, 0) is 37.1 Å². The van der Waals surface area contributed by atoms with Gasteiger partial charge in [0.15, 0.2) is 0 Å². The van der Waals surface area contributed by atoms with Gasteiger partial charge in [-0.2, -0.15) is 4.31 Å². The Hall–Kier alpha value is -1.33. The Morgan fingerprint density at radius 1 is 1.11 bits per heavy atom. The SMILES string of the molecule is CCCN(CCC)S(=O)(=O)c1ccc2[nH]ccc2c1. The molecule has 0 radical (unpaired) electrons. The molecule has 5 heteroatoms. The fraction of sp³-hybridized carbons (Fsp3) is 0.429. The zero-order valence-corrected chi connectivity index (χ0v) is 12.2. The number of H-pyrrole nitrogens is 1. The van der Waals surface area contributed by atoms with E-state index in [2.05, 4.69) is 4.98 Å². The van der Waals surface area contributed by atoms with Crippen LogP contribution in [-0.4, -0.2) is 30.8 Å². The van der Waals surface area contributed by atoms with E-state index in [4.69, 9.17) is 0 Å². The molecule has 0 saturated carbocycles. The molecule has 1 aromatic heterocycles. The first kappa shape index (κ1) is 14.1. The molecular weight excluding hydrogens is 260 g/mol. The Morgan fingerprint density at radius 2 is 1.79 bits per heavy atom. The average molecular weight is 280 g/mol. The van der Waals surface area contributed by atoms with E-state index in [-0.39, 0.29) is 0 Å². The molecule has 0 fully saturated rings. The van der Waals surface area contributed by atoms with E-state index in [0.29, 0.717) is 18.0 Å². The molecule has 0 spiro atoms. The van der Waals surface area contributed by atoms with Crippen LogP contribution in [0.3, 0.4) is 0 Å². The lowest BCUT2D eigenvalue weighted by Crippen LogP contribution is -2.32. The van der Waals surface area contributed by atoms with Gasteiger partial charge in [0.2, 0.25) is 10.0 Å². The first-order chi connectivity index (χ1) is 9.09.